The van der Waals surface area contributed by atoms with Crippen molar-refractivity contribution in [1.29, 1.82) is 0 Å². The Hall–Kier alpha value is -2.49. The van der Waals surface area contributed by atoms with Gasteiger partial charge in [0.05, 0.1) is 18.1 Å². The highest BCUT2D eigenvalue weighted by Crippen LogP contribution is 2.16. The normalized spacial score (nSPS) is 14.5. The largest absolute Gasteiger partial charge is 0.378 e. The first-order valence-corrected chi connectivity index (χ1v) is 11.6. The molecular weight excluding hydrogens is 404 g/mol. The Bertz CT molecular complexity index is 953. The lowest BCUT2D eigenvalue weighted by Crippen LogP contribution is -2.36. The van der Waals surface area contributed by atoms with E-state index in [1.165, 1.54) is 12.1 Å². The zero-order valence-electron chi connectivity index (χ0n) is 17.4. The third kappa shape index (κ3) is 5.35. The van der Waals surface area contributed by atoms with Crippen molar-refractivity contribution in [1.82, 2.24) is 14.6 Å². The fraction of sp³-hybridized carbons (Fsp3) is 0.429. The second kappa shape index (κ2) is 10.0. The van der Waals surface area contributed by atoms with Crippen LogP contribution in [0.2, 0.25) is 0 Å². The molecule has 1 amide bonds. The smallest absolute Gasteiger partial charge is 0.253 e. The Labute approximate surface area is 177 Å². The van der Waals surface area contributed by atoms with E-state index in [4.69, 9.17) is 4.74 Å². The Kier molecular flexibility index (Phi) is 7.41. The Morgan fingerprint density at radius 2 is 1.80 bits per heavy atom. The lowest BCUT2D eigenvalue weighted by atomic mass is 10.2. The van der Waals surface area contributed by atoms with Crippen molar-refractivity contribution < 1.29 is 17.9 Å². The lowest BCUT2D eigenvalue weighted by molar-refractivity contribution is 0.0773. The van der Waals surface area contributed by atoms with Crippen LogP contribution in [0.25, 0.3) is 0 Å². The van der Waals surface area contributed by atoms with Crippen molar-refractivity contribution in [2.45, 2.75) is 25.3 Å². The minimum Gasteiger partial charge on any atom is -0.378 e. The van der Waals surface area contributed by atoms with Crippen molar-refractivity contribution in [2.75, 3.05) is 44.3 Å². The third-order valence-corrected chi connectivity index (χ3v) is 6.49. The number of amides is 1. The van der Waals surface area contributed by atoms with Crippen molar-refractivity contribution in [3.8, 4) is 0 Å². The van der Waals surface area contributed by atoms with Gasteiger partial charge in [-0.3, -0.25) is 4.79 Å². The first-order chi connectivity index (χ1) is 14.4. The van der Waals surface area contributed by atoms with Crippen molar-refractivity contribution in [3.05, 3.63) is 53.7 Å². The number of anilines is 1. The van der Waals surface area contributed by atoms with Crippen LogP contribution in [0.5, 0.6) is 0 Å². The van der Waals surface area contributed by atoms with Gasteiger partial charge in [-0.2, -0.15) is 0 Å². The maximum Gasteiger partial charge on any atom is 0.253 e. The zero-order valence-corrected chi connectivity index (χ0v) is 18.2. The number of pyridine rings is 1. The quantitative estimate of drug-likeness (QED) is 0.685. The van der Waals surface area contributed by atoms with Crippen LogP contribution in [0.1, 0.15) is 29.8 Å². The number of hydrogen-bond donors (Lipinski definition) is 1. The Balaban J connectivity index is 1.66. The van der Waals surface area contributed by atoms with Gasteiger partial charge in [-0.25, -0.2) is 18.1 Å². The number of carbonyl (C=O) groups is 1. The summed E-state index contributed by atoms with van der Waals surface area (Å²) in [5.74, 6) is 0.707. The van der Waals surface area contributed by atoms with E-state index in [2.05, 4.69) is 14.6 Å². The lowest BCUT2D eigenvalue weighted by Gasteiger charge is -2.28. The summed E-state index contributed by atoms with van der Waals surface area (Å²) in [6.45, 7) is 8.03. The molecule has 1 fully saturated rings. The molecule has 0 aliphatic carbocycles. The molecule has 2 heterocycles. The van der Waals surface area contributed by atoms with Crippen LogP contribution >= 0.6 is 0 Å². The van der Waals surface area contributed by atoms with E-state index in [1.807, 2.05) is 19.9 Å². The number of aromatic nitrogens is 1. The number of nitrogens with one attached hydrogen (secondary N) is 1. The fourth-order valence-corrected chi connectivity index (χ4v) is 4.29. The fourth-order valence-electron chi connectivity index (χ4n) is 3.27. The third-order valence-electron chi connectivity index (χ3n) is 5.07. The highest BCUT2D eigenvalue weighted by Gasteiger charge is 2.18. The van der Waals surface area contributed by atoms with E-state index in [9.17, 15) is 13.2 Å². The van der Waals surface area contributed by atoms with Crippen LogP contribution in [0, 0.1) is 0 Å². The van der Waals surface area contributed by atoms with E-state index in [0.717, 1.165) is 24.5 Å². The molecule has 9 heteroatoms. The molecule has 0 spiro atoms. The average Bonchev–Trinajstić information content (AvgIpc) is 2.79. The molecule has 0 saturated carbocycles. The van der Waals surface area contributed by atoms with E-state index in [-0.39, 0.29) is 17.3 Å². The predicted molar refractivity (Wildman–Crippen MR) is 115 cm³/mol. The summed E-state index contributed by atoms with van der Waals surface area (Å²) in [4.78, 5) is 20.7. The maximum atomic E-state index is 12.7. The number of rotatable bonds is 8. The summed E-state index contributed by atoms with van der Waals surface area (Å²) in [6.07, 6.45) is 1.68. The number of benzene rings is 1. The molecule has 1 aliphatic rings. The van der Waals surface area contributed by atoms with Gasteiger partial charge in [-0.15, -0.1) is 0 Å². The molecule has 3 rings (SSSR count). The summed E-state index contributed by atoms with van der Waals surface area (Å²) in [7, 11) is -3.70. The number of hydrogen-bond acceptors (Lipinski definition) is 6. The molecule has 162 valence electrons. The molecule has 2 aromatic rings. The second-order valence-corrected chi connectivity index (χ2v) is 8.72. The highest BCUT2D eigenvalue weighted by atomic mass is 32.2. The van der Waals surface area contributed by atoms with Gasteiger partial charge in [-0.05, 0) is 55.8 Å². The molecule has 0 unspecified atom stereocenters. The number of sulfonamides is 1. The SMILES string of the molecule is CCN(CC)C(=O)c1ccc(S(=O)(=O)NCc2ccnc(N3CCOCC3)c2)cc1. The summed E-state index contributed by atoms with van der Waals surface area (Å²) in [5, 5.41) is 0. The summed E-state index contributed by atoms with van der Waals surface area (Å²) in [6, 6.07) is 9.71. The van der Waals surface area contributed by atoms with Gasteiger partial charge in [0.1, 0.15) is 5.82 Å². The molecule has 1 aromatic carbocycles. The van der Waals surface area contributed by atoms with Gasteiger partial charge in [0.15, 0.2) is 0 Å². The van der Waals surface area contributed by atoms with E-state index >= 15 is 0 Å². The molecular formula is C21H28N4O4S. The molecule has 0 radical (unpaired) electrons. The first kappa shape index (κ1) is 22.2. The minimum atomic E-state index is -3.70. The predicted octanol–water partition coefficient (Wildman–Crippen LogP) is 1.88. The highest BCUT2D eigenvalue weighted by molar-refractivity contribution is 7.89. The Morgan fingerprint density at radius 3 is 2.43 bits per heavy atom. The standard InChI is InChI=1S/C21H28N4O4S/c1-3-24(4-2)21(26)18-5-7-19(8-6-18)30(27,28)23-16-17-9-10-22-20(15-17)25-11-13-29-14-12-25/h5-10,15,23H,3-4,11-14,16H2,1-2H3. The summed E-state index contributed by atoms with van der Waals surface area (Å²) < 4.78 is 33.3. The van der Waals surface area contributed by atoms with E-state index < -0.39 is 10.0 Å². The minimum absolute atomic E-state index is 0.107. The molecule has 1 saturated heterocycles. The van der Waals surface area contributed by atoms with Crippen LogP contribution in [0.15, 0.2) is 47.5 Å². The van der Waals surface area contributed by atoms with Gasteiger partial charge in [0.2, 0.25) is 10.0 Å². The monoisotopic (exact) mass is 432 g/mol. The molecule has 1 aromatic heterocycles. The van der Waals surface area contributed by atoms with Gasteiger partial charge in [0, 0.05) is 44.5 Å². The van der Waals surface area contributed by atoms with Crippen LogP contribution in [-0.4, -0.2) is 63.6 Å². The summed E-state index contributed by atoms with van der Waals surface area (Å²) in [5.41, 5.74) is 1.30. The molecule has 30 heavy (non-hydrogen) atoms. The zero-order chi connectivity index (χ0) is 21.6. The van der Waals surface area contributed by atoms with Crippen molar-refractivity contribution in [3.63, 3.8) is 0 Å². The summed E-state index contributed by atoms with van der Waals surface area (Å²) >= 11 is 0. The van der Waals surface area contributed by atoms with Crippen LogP contribution < -0.4 is 9.62 Å². The number of carbonyl (C=O) groups excluding carboxylic acids is 1. The van der Waals surface area contributed by atoms with Gasteiger partial charge < -0.3 is 14.5 Å². The number of nitrogens with zero attached hydrogens (tertiary/aromatic N) is 3. The average molecular weight is 433 g/mol. The Morgan fingerprint density at radius 1 is 1.13 bits per heavy atom. The molecule has 0 atom stereocenters. The molecule has 1 N–H and O–H groups in total. The van der Waals surface area contributed by atoms with Gasteiger partial charge in [0.25, 0.3) is 5.91 Å². The molecule has 1 aliphatic heterocycles. The second-order valence-electron chi connectivity index (χ2n) is 6.95. The van der Waals surface area contributed by atoms with Crippen molar-refractivity contribution >= 4 is 21.7 Å². The van der Waals surface area contributed by atoms with Crippen LogP contribution in [-0.2, 0) is 21.3 Å². The number of ether oxygens (including phenoxy) is 1. The molecule has 8 nitrogen and oxygen atoms in total. The van der Waals surface area contributed by atoms with Gasteiger partial charge in [-0.1, -0.05) is 0 Å². The van der Waals surface area contributed by atoms with Crippen LogP contribution in [0.3, 0.4) is 0 Å². The molecule has 0 bridgehead atoms. The van der Waals surface area contributed by atoms with E-state index in [1.54, 1.807) is 29.3 Å². The van der Waals surface area contributed by atoms with E-state index in [0.29, 0.717) is 31.9 Å². The van der Waals surface area contributed by atoms with Crippen LogP contribution in [0.4, 0.5) is 5.82 Å². The van der Waals surface area contributed by atoms with Crippen molar-refractivity contribution in [2.24, 2.45) is 0 Å². The maximum absolute atomic E-state index is 12.7. The number of morpholine rings is 1. The first-order valence-electron chi connectivity index (χ1n) is 10.1. The van der Waals surface area contributed by atoms with Gasteiger partial charge >= 0.3 is 0 Å². The topological polar surface area (TPSA) is 91.8 Å².